The largest absolute Gasteiger partial charge is 0.454 e. The molecule has 0 aromatic heterocycles. The minimum absolute atomic E-state index is 0.0667. The highest BCUT2D eigenvalue weighted by Crippen LogP contribution is 2.32. The smallest absolute Gasteiger partial charge is 0.231 e. The molecule has 1 heterocycles. The predicted octanol–water partition coefficient (Wildman–Crippen LogP) is 1.98. The Bertz CT molecular complexity index is 429. The quantitative estimate of drug-likeness (QED) is 0.811. The van der Waals surface area contributed by atoms with Crippen LogP contribution in [0.4, 0.5) is 0 Å². The molecule has 1 N–H and O–H groups in total. The van der Waals surface area contributed by atoms with E-state index in [0.29, 0.717) is 17.1 Å². The number of carbonyl (C=O) groups excluding carboxylic acids is 1. The van der Waals surface area contributed by atoms with Gasteiger partial charge in [-0.05, 0) is 25.1 Å². The molecule has 1 atom stereocenters. The molecular weight excluding hydrogens is 218 g/mol. The van der Waals surface area contributed by atoms with Gasteiger partial charge in [0.1, 0.15) is 0 Å². The number of rotatable bonds is 4. The summed E-state index contributed by atoms with van der Waals surface area (Å²) >= 11 is 0. The molecule has 1 aromatic carbocycles. The van der Waals surface area contributed by atoms with Gasteiger partial charge >= 0.3 is 0 Å². The Labute approximate surface area is 101 Å². The molecule has 0 fully saturated rings. The summed E-state index contributed by atoms with van der Waals surface area (Å²) in [5, 5.41) is 3.19. The number of Topliss-reactive ketones (excluding diaryl/α,β-unsaturated/α-hetero) is 1. The van der Waals surface area contributed by atoms with Gasteiger partial charge in [0.15, 0.2) is 17.3 Å². The number of carbonyl (C=O) groups is 1. The third-order valence-corrected chi connectivity index (χ3v) is 2.63. The Kier molecular flexibility index (Phi) is 3.33. The van der Waals surface area contributed by atoms with E-state index in [2.05, 4.69) is 5.32 Å². The first kappa shape index (κ1) is 11.9. The van der Waals surface area contributed by atoms with Crippen molar-refractivity contribution in [1.29, 1.82) is 0 Å². The molecule has 92 valence electrons. The molecule has 0 radical (unpaired) electrons. The minimum Gasteiger partial charge on any atom is -0.454 e. The average Bonchev–Trinajstić information content (AvgIpc) is 2.73. The maximum absolute atomic E-state index is 12.1. The topological polar surface area (TPSA) is 47.6 Å². The molecular formula is C13H17NO3. The Hall–Kier alpha value is -1.55. The number of hydrogen-bond acceptors (Lipinski definition) is 4. The molecule has 1 aliphatic rings. The second-order valence-corrected chi connectivity index (χ2v) is 4.48. The van der Waals surface area contributed by atoms with E-state index >= 15 is 0 Å². The van der Waals surface area contributed by atoms with E-state index in [-0.39, 0.29) is 24.7 Å². The van der Waals surface area contributed by atoms with Crippen LogP contribution in [0.3, 0.4) is 0 Å². The van der Waals surface area contributed by atoms with Gasteiger partial charge in [0.2, 0.25) is 6.79 Å². The first-order valence-corrected chi connectivity index (χ1v) is 5.78. The van der Waals surface area contributed by atoms with Crippen molar-refractivity contribution < 1.29 is 14.3 Å². The summed E-state index contributed by atoms with van der Waals surface area (Å²) < 4.78 is 10.5. The highest BCUT2D eigenvalue weighted by molar-refractivity contribution is 6.00. The lowest BCUT2D eigenvalue weighted by Gasteiger charge is -2.15. The van der Waals surface area contributed by atoms with Gasteiger partial charge in [0, 0.05) is 11.6 Å². The van der Waals surface area contributed by atoms with E-state index in [4.69, 9.17) is 9.47 Å². The van der Waals surface area contributed by atoms with Crippen molar-refractivity contribution >= 4 is 5.78 Å². The average molecular weight is 235 g/mol. The second kappa shape index (κ2) is 4.75. The van der Waals surface area contributed by atoms with Gasteiger partial charge in [-0.3, -0.25) is 4.79 Å². The van der Waals surface area contributed by atoms with E-state index in [1.165, 1.54) is 0 Å². The fraction of sp³-hybridized carbons (Fsp3) is 0.462. The SMILES string of the molecule is CC(C)NC(C)C(=O)c1ccc2c(c1)OCO2. The standard InChI is InChI=1S/C13H17NO3/c1-8(2)14-9(3)13(15)10-4-5-11-12(6-10)17-7-16-11/h4-6,8-9,14H,7H2,1-3H3. The summed E-state index contributed by atoms with van der Waals surface area (Å²) in [6, 6.07) is 5.37. The number of benzene rings is 1. The lowest BCUT2D eigenvalue weighted by atomic mass is 10.0. The molecule has 0 saturated carbocycles. The monoisotopic (exact) mass is 235 g/mol. The van der Waals surface area contributed by atoms with Gasteiger partial charge in [-0.1, -0.05) is 13.8 Å². The molecule has 4 nitrogen and oxygen atoms in total. The summed E-state index contributed by atoms with van der Waals surface area (Å²) in [6.45, 7) is 6.13. The molecule has 1 aliphatic heterocycles. The lowest BCUT2D eigenvalue weighted by Crippen LogP contribution is -2.38. The molecule has 17 heavy (non-hydrogen) atoms. The van der Waals surface area contributed by atoms with E-state index in [9.17, 15) is 4.79 Å². The summed E-state index contributed by atoms with van der Waals surface area (Å²) in [6.07, 6.45) is 0. The maximum Gasteiger partial charge on any atom is 0.231 e. The van der Waals surface area contributed by atoms with E-state index < -0.39 is 0 Å². The van der Waals surface area contributed by atoms with Crippen LogP contribution in [-0.2, 0) is 0 Å². The van der Waals surface area contributed by atoms with Crippen LogP contribution in [0.15, 0.2) is 18.2 Å². The fourth-order valence-corrected chi connectivity index (χ4v) is 1.88. The third-order valence-electron chi connectivity index (χ3n) is 2.63. The Morgan fingerprint density at radius 3 is 2.65 bits per heavy atom. The highest BCUT2D eigenvalue weighted by Gasteiger charge is 2.19. The summed E-state index contributed by atoms with van der Waals surface area (Å²) in [7, 11) is 0. The van der Waals surface area contributed by atoms with Gasteiger partial charge in [0.05, 0.1) is 6.04 Å². The van der Waals surface area contributed by atoms with Crippen molar-refractivity contribution in [3.05, 3.63) is 23.8 Å². The normalized spacial score (nSPS) is 15.1. The molecule has 0 spiro atoms. The zero-order valence-electron chi connectivity index (χ0n) is 10.3. The minimum atomic E-state index is -0.199. The second-order valence-electron chi connectivity index (χ2n) is 4.48. The molecule has 1 aromatic rings. The number of fused-ring (bicyclic) bond motifs is 1. The molecule has 0 amide bonds. The van der Waals surface area contributed by atoms with Crippen LogP contribution in [0.2, 0.25) is 0 Å². The van der Waals surface area contributed by atoms with Crippen molar-refractivity contribution in [2.45, 2.75) is 32.9 Å². The van der Waals surface area contributed by atoms with Crippen molar-refractivity contribution in [3.8, 4) is 11.5 Å². The highest BCUT2D eigenvalue weighted by atomic mass is 16.7. The zero-order valence-corrected chi connectivity index (χ0v) is 10.3. The first-order chi connectivity index (χ1) is 8.08. The van der Waals surface area contributed by atoms with Crippen molar-refractivity contribution in [2.75, 3.05) is 6.79 Å². The van der Waals surface area contributed by atoms with E-state index in [1.54, 1.807) is 18.2 Å². The van der Waals surface area contributed by atoms with Crippen LogP contribution in [-0.4, -0.2) is 24.7 Å². The molecule has 0 bridgehead atoms. The van der Waals surface area contributed by atoms with Crippen LogP contribution in [0.25, 0.3) is 0 Å². The Balaban J connectivity index is 2.14. The number of ketones is 1. The van der Waals surface area contributed by atoms with E-state index in [0.717, 1.165) is 0 Å². The molecule has 4 heteroatoms. The van der Waals surface area contributed by atoms with Gasteiger partial charge in [0.25, 0.3) is 0 Å². The Morgan fingerprint density at radius 2 is 1.94 bits per heavy atom. The molecule has 0 saturated heterocycles. The van der Waals surface area contributed by atoms with E-state index in [1.807, 2.05) is 20.8 Å². The van der Waals surface area contributed by atoms with Crippen molar-refractivity contribution in [2.24, 2.45) is 0 Å². The van der Waals surface area contributed by atoms with Crippen molar-refractivity contribution in [3.63, 3.8) is 0 Å². The van der Waals surface area contributed by atoms with Gasteiger partial charge in [-0.15, -0.1) is 0 Å². The first-order valence-electron chi connectivity index (χ1n) is 5.78. The lowest BCUT2D eigenvalue weighted by molar-refractivity contribution is 0.0946. The van der Waals surface area contributed by atoms with Crippen molar-refractivity contribution in [1.82, 2.24) is 5.32 Å². The summed E-state index contributed by atoms with van der Waals surface area (Å²) in [5.41, 5.74) is 0.648. The van der Waals surface area contributed by atoms with Gasteiger partial charge < -0.3 is 14.8 Å². The maximum atomic E-state index is 12.1. The number of nitrogens with one attached hydrogen (secondary N) is 1. The predicted molar refractivity (Wildman–Crippen MR) is 64.6 cm³/mol. The Morgan fingerprint density at radius 1 is 1.24 bits per heavy atom. The van der Waals surface area contributed by atoms with Crippen LogP contribution in [0.5, 0.6) is 11.5 Å². The van der Waals surface area contributed by atoms with Crippen LogP contribution < -0.4 is 14.8 Å². The third kappa shape index (κ3) is 2.58. The van der Waals surface area contributed by atoms with Crippen LogP contribution in [0, 0.1) is 0 Å². The van der Waals surface area contributed by atoms with Crippen LogP contribution in [0.1, 0.15) is 31.1 Å². The van der Waals surface area contributed by atoms with Gasteiger partial charge in [-0.2, -0.15) is 0 Å². The zero-order chi connectivity index (χ0) is 12.4. The fourth-order valence-electron chi connectivity index (χ4n) is 1.88. The number of hydrogen-bond donors (Lipinski definition) is 1. The summed E-state index contributed by atoms with van der Waals surface area (Å²) in [4.78, 5) is 12.1. The summed E-state index contributed by atoms with van der Waals surface area (Å²) in [5.74, 6) is 1.41. The number of ether oxygens (including phenoxy) is 2. The molecule has 1 unspecified atom stereocenters. The molecule has 0 aliphatic carbocycles. The van der Waals surface area contributed by atoms with Gasteiger partial charge in [-0.25, -0.2) is 0 Å². The van der Waals surface area contributed by atoms with Crippen LogP contribution >= 0.6 is 0 Å². The molecule has 2 rings (SSSR count).